The number of halogens is 1. The Balaban J connectivity index is 1.71. The molecular formula is C15H13FN2O2S2. The third kappa shape index (κ3) is 3.31. The fraction of sp³-hybridized carbons (Fsp3) is 0.200. The van der Waals surface area contributed by atoms with E-state index in [0.717, 1.165) is 10.4 Å². The summed E-state index contributed by atoms with van der Waals surface area (Å²) in [7, 11) is -1.22. The van der Waals surface area contributed by atoms with Crippen molar-refractivity contribution in [3.8, 4) is 10.7 Å². The van der Waals surface area contributed by atoms with E-state index >= 15 is 0 Å². The van der Waals surface area contributed by atoms with Crippen LogP contribution < -0.4 is 0 Å². The summed E-state index contributed by atoms with van der Waals surface area (Å²) in [5, 5.41) is 5.47. The average molecular weight is 336 g/mol. The number of hydrogen-bond acceptors (Lipinski definition) is 5. The third-order valence-corrected chi connectivity index (χ3v) is 5.62. The van der Waals surface area contributed by atoms with Gasteiger partial charge in [0.1, 0.15) is 11.1 Å². The lowest BCUT2D eigenvalue weighted by molar-refractivity contribution is 0.379. The minimum absolute atomic E-state index is 0.305. The molecule has 114 valence electrons. The third-order valence-electron chi connectivity index (χ3n) is 3.15. The van der Waals surface area contributed by atoms with Gasteiger partial charge in [-0.15, -0.1) is 11.3 Å². The maximum Gasteiger partial charge on any atom is 0.242 e. The van der Waals surface area contributed by atoms with Crippen LogP contribution >= 0.6 is 11.3 Å². The Hall–Kier alpha value is -1.86. The van der Waals surface area contributed by atoms with Gasteiger partial charge in [0.05, 0.1) is 4.88 Å². The zero-order chi connectivity index (χ0) is 15.5. The first-order valence-electron chi connectivity index (χ1n) is 6.62. The molecule has 1 aromatic carbocycles. The van der Waals surface area contributed by atoms with Gasteiger partial charge in [0.25, 0.3) is 0 Å². The largest absolute Gasteiger partial charge is 0.338 e. The van der Waals surface area contributed by atoms with E-state index in [0.29, 0.717) is 17.5 Å². The van der Waals surface area contributed by atoms with E-state index in [1.807, 2.05) is 17.5 Å². The van der Waals surface area contributed by atoms with Gasteiger partial charge < -0.3 is 4.52 Å². The van der Waals surface area contributed by atoms with Crippen molar-refractivity contribution in [2.24, 2.45) is 0 Å². The van der Waals surface area contributed by atoms with Crippen LogP contribution in [0.5, 0.6) is 0 Å². The molecule has 0 radical (unpaired) electrons. The fourth-order valence-electron chi connectivity index (χ4n) is 1.89. The second-order valence-electron chi connectivity index (χ2n) is 4.73. The molecule has 0 N–H and O–H groups in total. The topological polar surface area (TPSA) is 56.0 Å². The molecule has 2 aromatic heterocycles. The van der Waals surface area contributed by atoms with E-state index in [9.17, 15) is 8.60 Å². The van der Waals surface area contributed by atoms with Crippen LogP contribution in [0.3, 0.4) is 0 Å². The highest BCUT2D eigenvalue weighted by molar-refractivity contribution is 7.84. The van der Waals surface area contributed by atoms with Crippen molar-refractivity contribution >= 4 is 22.1 Å². The van der Waals surface area contributed by atoms with Gasteiger partial charge in [0.2, 0.25) is 11.7 Å². The van der Waals surface area contributed by atoms with E-state index in [4.69, 9.17) is 4.52 Å². The lowest BCUT2D eigenvalue weighted by Gasteiger charge is -2.06. The monoisotopic (exact) mass is 336 g/mol. The van der Waals surface area contributed by atoms with Gasteiger partial charge in [-0.3, -0.25) is 4.21 Å². The second kappa shape index (κ2) is 6.50. The molecule has 0 aliphatic carbocycles. The van der Waals surface area contributed by atoms with Gasteiger partial charge in [-0.05, 0) is 36.1 Å². The molecule has 0 aliphatic rings. The minimum atomic E-state index is -1.22. The van der Waals surface area contributed by atoms with Crippen LogP contribution in [-0.2, 0) is 16.6 Å². The summed E-state index contributed by atoms with van der Waals surface area (Å²) in [4.78, 5) is 5.22. The predicted octanol–water partition coefficient (Wildman–Crippen LogP) is 3.95. The van der Waals surface area contributed by atoms with E-state index in [-0.39, 0.29) is 11.1 Å². The molecule has 0 saturated heterocycles. The van der Waals surface area contributed by atoms with Gasteiger partial charge in [-0.25, -0.2) is 4.39 Å². The Kier molecular flexibility index (Phi) is 4.44. The summed E-state index contributed by atoms with van der Waals surface area (Å²) in [5.74, 6) is 0.873. The molecule has 4 nitrogen and oxygen atoms in total. The quantitative estimate of drug-likeness (QED) is 0.708. The van der Waals surface area contributed by atoms with Crippen LogP contribution in [0, 0.1) is 5.82 Å². The minimum Gasteiger partial charge on any atom is -0.338 e. The number of thiophene rings is 1. The summed E-state index contributed by atoms with van der Waals surface area (Å²) in [6, 6.07) is 9.79. The molecule has 0 bridgehead atoms. The zero-order valence-electron chi connectivity index (χ0n) is 11.7. The van der Waals surface area contributed by atoms with Crippen molar-refractivity contribution in [2.45, 2.75) is 17.9 Å². The van der Waals surface area contributed by atoms with Crippen LogP contribution in [-0.4, -0.2) is 14.3 Å². The fourth-order valence-corrected chi connectivity index (χ4v) is 3.63. The Morgan fingerprint density at radius 1 is 1.32 bits per heavy atom. The van der Waals surface area contributed by atoms with Gasteiger partial charge in [-0.2, -0.15) is 4.98 Å². The Bertz CT molecular complexity index is 769. The summed E-state index contributed by atoms with van der Waals surface area (Å²) in [5.41, 5.74) is 0.810. The van der Waals surface area contributed by atoms with E-state index in [1.165, 1.54) is 23.5 Å². The zero-order valence-corrected chi connectivity index (χ0v) is 13.4. The maximum atomic E-state index is 12.9. The molecule has 22 heavy (non-hydrogen) atoms. The molecule has 7 heteroatoms. The Morgan fingerprint density at radius 2 is 2.09 bits per heavy atom. The highest BCUT2D eigenvalue weighted by Crippen LogP contribution is 2.26. The van der Waals surface area contributed by atoms with Crippen molar-refractivity contribution in [1.29, 1.82) is 0 Å². The predicted molar refractivity (Wildman–Crippen MR) is 84.3 cm³/mol. The number of nitrogens with zero attached hydrogens (tertiary/aromatic N) is 2. The molecule has 0 fully saturated rings. The Morgan fingerprint density at radius 3 is 2.77 bits per heavy atom. The lowest BCUT2D eigenvalue weighted by Crippen LogP contribution is -2.06. The number of benzene rings is 1. The molecule has 2 atom stereocenters. The highest BCUT2D eigenvalue weighted by atomic mass is 32.2. The first kappa shape index (κ1) is 15.1. The van der Waals surface area contributed by atoms with Crippen LogP contribution in [0.25, 0.3) is 10.7 Å². The SMILES string of the molecule is C[C@@H](c1nc(-c2cccs2)no1)[S@@](=O)Cc1ccc(F)cc1. The van der Waals surface area contributed by atoms with Crippen molar-refractivity contribution in [3.63, 3.8) is 0 Å². The van der Waals surface area contributed by atoms with Crippen molar-refractivity contribution < 1.29 is 13.1 Å². The molecule has 0 amide bonds. The van der Waals surface area contributed by atoms with Crippen molar-refractivity contribution in [3.05, 3.63) is 59.0 Å². The number of hydrogen-bond donors (Lipinski definition) is 0. The maximum absolute atomic E-state index is 12.9. The number of aromatic nitrogens is 2. The average Bonchev–Trinajstić information content (AvgIpc) is 3.19. The summed E-state index contributed by atoms with van der Waals surface area (Å²) in [6.07, 6.45) is 0. The highest BCUT2D eigenvalue weighted by Gasteiger charge is 2.21. The summed E-state index contributed by atoms with van der Waals surface area (Å²) < 4.78 is 30.5. The van der Waals surface area contributed by atoms with Crippen LogP contribution in [0.1, 0.15) is 23.6 Å². The van der Waals surface area contributed by atoms with Gasteiger partial charge in [-0.1, -0.05) is 23.4 Å². The lowest BCUT2D eigenvalue weighted by atomic mass is 10.2. The van der Waals surface area contributed by atoms with Gasteiger partial charge in [0, 0.05) is 16.6 Å². The van der Waals surface area contributed by atoms with Gasteiger partial charge >= 0.3 is 0 Å². The van der Waals surface area contributed by atoms with Crippen molar-refractivity contribution in [1.82, 2.24) is 10.1 Å². The second-order valence-corrected chi connectivity index (χ2v) is 7.43. The molecule has 0 spiro atoms. The summed E-state index contributed by atoms with van der Waals surface area (Å²) >= 11 is 1.52. The molecule has 2 heterocycles. The molecule has 0 aliphatic heterocycles. The van der Waals surface area contributed by atoms with E-state index in [2.05, 4.69) is 10.1 Å². The van der Waals surface area contributed by atoms with E-state index < -0.39 is 10.8 Å². The summed E-state index contributed by atoms with van der Waals surface area (Å²) in [6.45, 7) is 1.78. The molecule has 3 rings (SSSR count). The normalized spacial score (nSPS) is 13.9. The molecule has 3 aromatic rings. The van der Waals surface area contributed by atoms with Crippen LogP contribution in [0.4, 0.5) is 4.39 Å². The van der Waals surface area contributed by atoms with Crippen LogP contribution in [0.2, 0.25) is 0 Å². The molecule has 0 unspecified atom stereocenters. The first-order valence-corrected chi connectivity index (χ1v) is 8.89. The van der Waals surface area contributed by atoms with Crippen molar-refractivity contribution in [2.75, 3.05) is 0 Å². The smallest absolute Gasteiger partial charge is 0.242 e. The molecule has 0 saturated carbocycles. The Labute approximate surface area is 133 Å². The standard InChI is InChI=1S/C15H13FN2O2S2/c1-10(22(19)9-11-4-6-12(16)7-5-11)15-17-14(18-20-15)13-3-2-8-21-13/h2-8,10H,9H2,1H3/t10-,22-/m0/s1. The molecular weight excluding hydrogens is 323 g/mol. The number of rotatable bonds is 5. The van der Waals surface area contributed by atoms with Crippen LogP contribution in [0.15, 0.2) is 46.3 Å². The van der Waals surface area contributed by atoms with Gasteiger partial charge in [0.15, 0.2) is 0 Å². The first-order chi connectivity index (χ1) is 10.6. The van der Waals surface area contributed by atoms with E-state index in [1.54, 1.807) is 19.1 Å².